The molecule has 5 nitrogen and oxygen atoms in total. The second-order valence-electron chi connectivity index (χ2n) is 6.46. The summed E-state index contributed by atoms with van der Waals surface area (Å²) >= 11 is 12.0. The lowest BCUT2D eigenvalue weighted by Crippen LogP contribution is -2.52. The molecule has 0 spiro atoms. The van der Waals surface area contributed by atoms with Gasteiger partial charge >= 0.3 is 0 Å². The summed E-state index contributed by atoms with van der Waals surface area (Å²) in [5.74, 6) is -2.53. The number of piperazine rings is 1. The molecular formula is C15H16Cl2F2N2O3S. The SMILES string of the molecule is C[C@@]1(C(=O)N2CCN(S(=O)(=O)c3c(F)cccc3F)CC2)CC1(Cl)Cl. The van der Waals surface area contributed by atoms with Gasteiger partial charge in [-0.3, -0.25) is 4.79 Å². The molecule has 1 atom stereocenters. The Morgan fingerprint density at radius 3 is 2.04 bits per heavy atom. The highest BCUT2D eigenvalue weighted by Crippen LogP contribution is 2.64. The second-order valence-corrected chi connectivity index (χ2v) is 9.82. The van der Waals surface area contributed by atoms with Gasteiger partial charge in [-0.15, -0.1) is 23.2 Å². The molecule has 0 N–H and O–H groups in total. The number of halogens is 4. The lowest BCUT2D eigenvalue weighted by atomic mass is 10.1. The maximum atomic E-state index is 13.8. The standard InChI is InChI=1S/C15H16Cl2F2N2O3S/c1-14(9-15(14,16)17)13(22)20-5-7-21(8-6-20)25(23,24)12-10(18)3-2-4-11(12)19/h2-4H,5-9H2,1H3/t14-/m0/s1. The number of alkyl halides is 2. The zero-order chi connectivity index (χ0) is 18.6. The molecule has 1 aliphatic carbocycles. The molecule has 3 rings (SSSR count). The summed E-state index contributed by atoms with van der Waals surface area (Å²) in [4.78, 5) is 13.0. The minimum absolute atomic E-state index is 0.0600. The minimum Gasteiger partial charge on any atom is -0.339 e. The lowest BCUT2D eigenvalue weighted by molar-refractivity contribution is -0.137. The van der Waals surface area contributed by atoms with Crippen LogP contribution in [0.15, 0.2) is 23.1 Å². The molecule has 0 aromatic heterocycles. The van der Waals surface area contributed by atoms with E-state index in [0.717, 1.165) is 22.5 Å². The molecule has 1 saturated carbocycles. The summed E-state index contributed by atoms with van der Waals surface area (Å²) in [6.45, 7) is 1.75. The highest BCUT2D eigenvalue weighted by molar-refractivity contribution is 7.89. The minimum atomic E-state index is -4.32. The number of carbonyl (C=O) groups excluding carboxylic acids is 1. The Hall–Kier alpha value is -0.960. The Morgan fingerprint density at radius 2 is 1.60 bits per heavy atom. The van der Waals surface area contributed by atoms with Crippen molar-refractivity contribution in [3.8, 4) is 0 Å². The van der Waals surface area contributed by atoms with Gasteiger partial charge in [0.2, 0.25) is 15.9 Å². The van der Waals surface area contributed by atoms with Gasteiger partial charge in [-0.1, -0.05) is 6.07 Å². The number of rotatable bonds is 3. The van der Waals surface area contributed by atoms with E-state index in [1.54, 1.807) is 6.92 Å². The summed E-state index contributed by atoms with van der Waals surface area (Å²) in [6, 6.07) is 2.88. The van der Waals surface area contributed by atoms with Gasteiger partial charge in [-0.2, -0.15) is 4.31 Å². The van der Waals surface area contributed by atoms with Crippen molar-refractivity contribution in [3.63, 3.8) is 0 Å². The van der Waals surface area contributed by atoms with Crippen LogP contribution in [0, 0.1) is 17.0 Å². The second kappa shape index (κ2) is 6.04. The van der Waals surface area contributed by atoms with E-state index in [4.69, 9.17) is 23.2 Å². The van der Waals surface area contributed by atoms with E-state index in [-0.39, 0.29) is 32.1 Å². The molecule has 1 amide bonds. The predicted octanol–water partition coefficient (Wildman–Crippen LogP) is 2.38. The fourth-order valence-electron chi connectivity index (χ4n) is 2.97. The fraction of sp³-hybridized carbons (Fsp3) is 0.533. The van der Waals surface area contributed by atoms with Crippen LogP contribution in [0.5, 0.6) is 0 Å². The topological polar surface area (TPSA) is 57.7 Å². The summed E-state index contributed by atoms with van der Waals surface area (Å²) in [7, 11) is -4.32. The van der Waals surface area contributed by atoms with E-state index in [1.807, 2.05) is 0 Å². The molecule has 0 radical (unpaired) electrons. The molecule has 1 saturated heterocycles. The van der Waals surface area contributed by atoms with Crippen LogP contribution in [-0.2, 0) is 14.8 Å². The number of hydrogen-bond donors (Lipinski definition) is 0. The quantitative estimate of drug-likeness (QED) is 0.716. The van der Waals surface area contributed by atoms with Crippen LogP contribution in [-0.4, -0.2) is 54.0 Å². The molecule has 10 heteroatoms. The number of sulfonamides is 1. The third kappa shape index (κ3) is 3.03. The van der Waals surface area contributed by atoms with Gasteiger partial charge < -0.3 is 4.90 Å². The number of carbonyl (C=O) groups is 1. The first-order valence-corrected chi connectivity index (χ1v) is 9.82. The van der Waals surface area contributed by atoms with Gasteiger partial charge in [0, 0.05) is 26.2 Å². The largest absolute Gasteiger partial charge is 0.339 e. The van der Waals surface area contributed by atoms with Crippen molar-refractivity contribution in [1.29, 1.82) is 0 Å². The summed E-state index contributed by atoms with van der Waals surface area (Å²) in [5.41, 5.74) is -0.880. The van der Waals surface area contributed by atoms with Crippen LogP contribution in [0.4, 0.5) is 8.78 Å². The monoisotopic (exact) mass is 412 g/mol. The van der Waals surface area contributed by atoms with Crippen molar-refractivity contribution >= 4 is 39.1 Å². The van der Waals surface area contributed by atoms with Gasteiger partial charge in [0.15, 0.2) is 4.90 Å². The Balaban J connectivity index is 1.73. The number of hydrogen-bond acceptors (Lipinski definition) is 3. The summed E-state index contributed by atoms with van der Waals surface area (Å²) in [6.07, 6.45) is 0.334. The highest BCUT2D eigenvalue weighted by Gasteiger charge is 2.68. The zero-order valence-electron chi connectivity index (χ0n) is 13.3. The third-order valence-corrected chi connectivity index (χ3v) is 7.82. The van der Waals surface area contributed by atoms with Crippen molar-refractivity contribution in [2.75, 3.05) is 26.2 Å². The van der Waals surface area contributed by atoms with E-state index in [0.29, 0.717) is 6.42 Å². The van der Waals surface area contributed by atoms with Gasteiger partial charge in [0.1, 0.15) is 16.0 Å². The Morgan fingerprint density at radius 1 is 1.12 bits per heavy atom. The van der Waals surface area contributed by atoms with Crippen molar-refractivity contribution in [2.24, 2.45) is 5.41 Å². The first-order chi connectivity index (χ1) is 11.5. The Bertz CT molecular complexity index is 806. The normalized spacial score (nSPS) is 26.5. The first-order valence-electron chi connectivity index (χ1n) is 7.62. The van der Waals surface area contributed by atoms with Crippen LogP contribution in [0.3, 0.4) is 0 Å². The molecule has 0 unspecified atom stereocenters. The van der Waals surface area contributed by atoms with E-state index >= 15 is 0 Å². The number of amides is 1. The van der Waals surface area contributed by atoms with Crippen molar-refractivity contribution in [1.82, 2.24) is 9.21 Å². The third-order valence-electron chi connectivity index (χ3n) is 4.77. The molecule has 1 aliphatic heterocycles. The highest BCUT2D eigenvalue weighted by atomic mass is 35.5. The molecular weight excluding hydrogens is 397 g/mol. The molecule has 2 aliphatic rings. The molecule has 1 heterocycles. The van der Waals surface area contributed by atoms with Crippen LogP contribution < -0.4 is 0 Å². The van der Waals surface area contributed by atoms with E-state index in [2.05, 4.69) is 0 Å². The van der Waals surface area contributed by atoms with Crippen LogP contribution in [0.1, 0.15) is 13.3 Å². The fourth-order valence-corrected chi connectivity index (χ4v) is 5.20. The molecule has 2 fully saturated rings. The number of nitrogens with zero attached hydrogens (tertiary/aromatic N) is 2. The van der Waals surface area contributed by atoms with Crippen molar-refractivity contribution in [2.45, 2.75) is 22.6 Å². The van der Waals surface area contributed by atoms with E-state index in [9.17, 15) is 22.0 Å². The van der Waals surface area contributed by atoms with Crippen LogP contribution in [0.25, 0.3) is 0 Å². The molecule has 25 heavy (non-hydrogen) atoms. The Kier molecular flexibility index (Phi) is 4.55. The zero-order valence-corrected chi connectivity index (χ0v) is 15.6. The number of benzene rings is 1. The molecule has 138 valence electrons. The first kappa shape index (κ1) is 18.8. The van der Waals surface area contributed by atoms with E-state index in [1.165, 1.54) is 4.90 Å². The molecule has 0 bridgehead atoms. The average Bonchev–Trinajstić information content (AvgIpc) is 3.06. The van der Waals surface area contributed by atoms with Gasteiger partial charge in [0.25, 0.3) is 0 Å². The van der Waals surface area contributed by atoms with Gasteiger partial charge in [-0.05, 0) is 25.5 Å². The van der Waals surface area contributed by atoms with Crippen molar-refractivity contribution < 1.29 is 22.0 Å². The molecule has 1 aromatic rings. The maximum Gasteiger partial charge on any atom is 0.249 e. The van der Waals surface area contributed by atoms with Crippen LogP contribution >= 0.6 is 23.2 Å². The van der Waals surface area contributed by atoms with Gasteiger partial charge in [0.05, 0.1) is 5.41 Å². The predicted molar refractivity (Wildman–Crippen MR) is 88.9 cm³/mol. The van der Waals surface area contributed by atoms with E-state index < -0.39 is 36.3 Å². The maximum absolute atomic E-state index is 13.8. The summed E-state index contributed by atoms with van der Waals surface area (Å²) in [5, 5.41) is 0. The summed E-state index contributed by atoms with van der Waals surface area (Å²) < 4.78 is 52.5. The van der Waals surface area contributed by atoms with Crippen LogP contribution in [0.2, 0.25) is 0 Å². The van der Waals surface area contributed by atoms with Crippen molar-refractivity contribution in [3.05, 3.63) is 29.8 Å². The molecule has 1 aromatic carbocycles. The lowest BCUT2D eigenvalue weighted by Gasteiger charge is -2.35. The average molecular weight is 413 g/mol. The smallest absolute Gasteiger partial charge is 0.249 e. The Labute approximate surface area is 154 Å². The van der Waals surface area contributed by atoms with Gasteiger partial charge in [-0.25, -0.2) is 17.2 Å².